The molecule has 0 aliphatic carbocycles. The molecule has 0 N–H and O–H groups in total. The molecule has 24 heavy (non-hydrogen) atoms. The van der Waals surface area contributed by atoms with Gasteiger partial charge in [0.05, 0.1) is 25.4 Å². The first-order valence-electron chi connectivity index (χ1n) is 8.05. The van der Waals surface area contributed by atoms with Crippen molar-refractivity contribution in [3.05, 3.63) is 72.4 Å². The number of hydrogen-bond donors (Lipinski definition) is 0. The van der Waals surface area contributed by atoms with Crippen LogP contribution in [0.3, 0.4) is 0 Å². The number of benzene rings is 2. The monoisotopic (exact) mass is 328 g/mol. The largest absolute Gasteiger partial charge is 0.256 e. The lowest BCUT2D eigenvalue weighted by molar-refractivity contribution is 1.33. The summed E-state index contributed by atoms with van der Waals surface area (Å²) in [6.07, 6.45) is 2.04. The summed E-state index contributed by atoms with van der Waals surface area (Å²) in [6.45, 7) is 7.04. The Kier molecular flexibility index (Phi) is 4.33. The van der Waals surface area contributed by atoms with Gasteiger partial charge < -0.3 is 0 Å². The van der Waals surface area contributed by atoms with Gasteiger partial charge in [0.2, 0.25) is 0 Å². The van der Waals surface area contributed by atoms with Crippen LogP contribution in [0.15, 0.2) is 66.9 Å². The van der Waals surface area contributed by atoms with Gasteiger partial charge in [0.1, 0.15) is 0 Å². The lowest BCUT2D eigenvalue weighted by Crippen LogP contribution is -2.39. The molecule has 0 saturated heterocycles. The van der Waals surface area contributed by atoms with Gasteiger partial charge in [-0.3, -0.25) is 4.98 Å². The molecule has 118 valence electrons. The lowest BCUT2D eigenvalue weighted by Gasteiger charge is -2.21. The third-order valence-corrected chi connectivity index (χ3v) is 6.12. The van der Waals surface area contributed by atoms with E-state index < -0.39 is 8.07 Å². The second kappa shape index (κ2) is 6.43. The van der Waals surface area contributed by atoms with Gasteiger partial charge in [-0.2, -0.15) is 5.26 Å². The summed E-state index contributed by atoms with van der Waals surface area (Å²) < 4.78 is 0. The summed E-state index contributed by atoms with van der Waals surface area (Å²) >= 11 is 0. The maximum atomic E-state index is 8.96. The summed E-state index contributed by atoms with van der Waals surface area (Å²) in [7, 11) is -1.50. The van der Waals surface area contributed by atoms with E-state index in [4.69, 9.17) is 10.2 Å². The lowest BCUT2D eigenvalue weighted by atomic mass is 10.0. The number of rotatable bonds is 3. The van der Waals surface area contributed by atoms with E-state index in [-0.39, 0.29) is 0 Å². The second-order valence-electron chi connectivity index (χ2n) is 6.92. The van der Waals surface area contributed by atoms with E-state index >= 15 is 0 Å². The predicted molar refractivity (Wildman–Crippen MR) is 103 cm³/mol. The Balaban J connectivity index is 2.15. The van der Waals surface area contributed by atoms with Crippen LogP contribution in [0.1, 0.15) is 5.56 Å². The molecule has 0 radical (unpaired) electrons. The van der Waals surface area contributed by atoms with Crippen molar-refractivity contribution in [2.75, 3.05) is 0 Å². The van der Waals surface area contributed by atoms with Crippen molar-refractivity contribution in [1.82, 2.24) is 4.98 Å². The fourth-order valence-electron chi connectivity index (χ4n) is 2.78. The minimum absolute atomic E-state index is 0.667. The molecule has 0 bridgehead atoms. The molecule has 0 amide bonds. The molecule has 1 heterocycles. The predicted octanol–water partition coefficient (Wildman–Crippen LogP) is 4.83. The molecule has 0 fully saturated rings. The van der Waals surface area contributed by atoms with Crippen LogP contribution >= 0.6 is 0 Å². The molecule has 2 nitrogen and oxygen atoms in total. The van der Waals surface area contributed by atoms with Crippen molar-refractivity contribution < 1.29 is 0 Å². The van der Waals surface area contributed by atoms with Gasteiger partial charge in [0, 0.05) is 11.8 Å². The topological polar surface area (TPSA) is 36.7 Å². The Hall–Kier alpha value is -2.70. The summed E-state index contributed by atoms with van der Waals surface area (Å²) in [6, 6.07) is 22.4. The zero-order chi connectivity index (χ0) is 17.2. The van der Waals surface area contributed by atoms with Gasteiger partial charge in [0.25, 0.3) is 0 Å². The number of hydrogen-bond acceptors (Lipinski definition) is 2. The molecule has 2 aromatic carbocycles. The Morgan fingerprint density at radius 2 is 1.54 bits per heavy atom. The smallest absolute Gasteiger partial charge is 0.0991 e. The quantitative estimate of drug-likeness (QED) is 0.646. The number of nitrogens with zero attached hydrogens (tertiary/aromatic N) is 2. The SMILES string of the molecule is C[Si](C)(C)c1cnc(-c2ccc(C#N)cc2)cc1-c1ccccc1. The van der Waals surface area contributed by atoms with Crippen LogP contribution < -0.4 is 5.19 Å². The first kappa shape index (κ1) is 16.2. The highest BCUT2D eigenvalue weighted by Gasteiger charge is 2.22. The van der Waals surface area contributed by atoms with E-state index in [1.807, 2.05) is 36.5 Å². The van der Waals surface area contributed by atoms with Crippen molar-refractivity contribution in [3.63, 3.8) is 0 Å². The molecule has 0 unspecified atom stereocenters. The summed E-state index contributed by atoms with van der Waals surface area (Å²) in [5, 5.41) is 10.3. The molecule has 3 rings (SSSR count). The molecule has 3 heteroatoms. The Morgan fingerprint density at radius 1 is 0.875 bits per heavy atom. The maximum absolute atomic E-state index is 8.96. The van der Waals surface area contributed by atoms with Gasteiger partial charge in [-0.1, -0.05) is 62.1 Å². The minimum Gasteiger partial charge on any atom is -0.256 e. The molecular formula is C21H20N2Si. The van der Waals surface area contributed by atoms with Crippen molar-refractivity contribution in [1.29, 1.82) is 5.26 Å². The summed E-state index contributed by atoms with van der Waals surface area (Å²) in [5.41, 5.74) is 5.14. The Bertz CT molecular complexity index is 886. The Labute approximate surface area is 144 Å². The Morgan fingerprint density at radius 3 is 2.12 bits per heavy atom. The summed E-state index contributed by atoms with van der Waals surface area (Å²) in [4.78, 5) is 4.71. The maximum Gasteiger partial charge on any atom is 0.0991 e. The molecule has 0 saturated carbocycles. The van der Waals surface area contributed by atoms with E-state index in [9.17, 15) is 0 Å². The van der Waals surface area contributed by atoms with E-state index in [1.165, 1.54) is 16.3 Å². The van der Waals surface area contributed by atoms with Crippen molar-refractivity contribution in [2.24, 2.45) is 0 Å². The fourth-order valence-corrected chi connectivity index (χ4v) is 4.26. The van der Waals surface area contributed by atoms with Gasteiger partial charge in [-0.05, 0) is 34.5 Å². The molecule has 1 aromatic heterocycles. The molecule has 0 spiro atoms. The zero-order valence-electron chi connectivity index (χ0n) is 14.2. The van der Waals surface area contributed by atoms with Crippen molar-refractivity contribution >= 4 is 13.3 Å². The fraction of sp³-hybridized carbons (Fsp3) is 0.143. The number of aromatic nitrogens is 1. The van der Waals surface area contributed by atoms with Gasteiger partial charge in [-0.15, -0.1) is 0 Å². The van der Waals surface area contributed by atoms with Crippen LogP contribution in [0.2, 0.25) is 19.6 Å². The van der Waals surface area contributed by atoms with Crippen LogP contribution in [0, 0.1) is 11.3 Å². The van der Waals surface area contributed by atoms with E-state index in [2.05, 4.69) is 56.0 Å². The highest BCUT2D eigenvalue weighted by molar-refractivity contribution is 6.89. The molecule has 0 atom stereocenters. The van der Waals surface area contributed by atoms with Gasteiger partial charge >= 0.3 is 0 Å². The first-order chi connectivity index (χ1) is 11.5. The van der Waals surface area contributed by atoms with Crippen LogP contribution in [-0.2, 0) is 0 Å². The van der Waals surface area contributed by atoms with E-state index in [1.54, 1.807) is 0 Å². The molecule has 0 aliphatic heterocycles. The summed E-state index contributed by atoms with van der Waals surface area (Å²) in [5.74, 6) is 0. The molecule has 3 aromatic rings. The van der Waals surface area contributed by atoms with Crippen LogP contribution in [0.4, 0.5) is 0 Å². The highest BCUT2D eigenvalue weighted by Crippen LogP contribution is 2.25. The zero-order valence-corrected chi connectivity index (χ0v) is 15.2. The first-order valence-corrected chi connectivity index (χ1v) is 11.6. The highest BCUT2D eigenvalue weighted by atomic mass is 28.3. The third kappa shape index (κ3) is 3.29. The van der Waals surface area contributed by atoms with Crippen molar-refractivity contribution in [3.8, 4) is 28.5 Å². The van der Waals surface area contributed by atoms with Gasteiger partial charge in [-0.25, -0.2) is 0 Å². The van der Waals surface area contributed by atoms with Crippen LogP contribution in [-0.4, -0.2) is 13.1 Å². The third-order valence-electron chi connectivity index (χ3n) is 4.11. The average molecular weight is 328 g/mol. The molecular weight excluding hydrogens is 308 g/mol. The average Bonchev–Trinajstić information content (AvgIpc) is 2.61. The van der Waals surface area contributed by atoms with Crippen LogP contribution in [0.5, 0.6) is 0 Å². The second-order valence-corrected chi connectivity index (χ2v) is 12.0. The van der Waals surface area contributed by atoms with E-state index in [0.29, 0.717) is 5.56 Å². The van der Waals surface area contributed by atoms with Crippen molar-refractivity contribution in [2.45, 2.75) is 19.6 Å². The normalized spacial score (nSPS) is 11.1. The molecule has 0 aliphatic rings. The number of pyridine rings is 1. The number of nitriles is 1. The standard InChI is InChI=1S/C21H20N2Si/c1-24(2,3)21-15-23-20(18-11-9-16(14-22)10-12-18)13-19(21)17-7-5-4-6-8-17/h4-13,15H,1-3H3. The van der Waals surface area contributed by atoms with Gasteiger partial charge in [0.15, 0.2) is 0 Å². The van der Waals surface area contributed by atoms with E-state index in [0.717, 1.165) is 11.3 Å². The van der Waals surface area contributed by atoms with Crippen LogP contribution in [0.25, 0.3) is 22.4 Å². The minimum atomic E-state index is -1.50.